The van der Waals surface area contributed by atoms with Gasteiger partial charge >= 0.3 is 0 Å². The van der Waals surface area contributed by atoms with Crippen LogP contribution < -0.4 is 15.5 Å². The molecule has 0 bridgehead atoms. The standard InChI is InChI=1S/C20H28ClN5S/c1-2-22-19(23-11-9-16-7-3-4-8-18(16)21)24-12-10-17-15-27-20(25-17)26-13-5-6-14-26/h3-4,7-8,15H,2,5-6,9-14H2,1H3,(H2,22,23,24). The summed E-state index contributed by atoms with van der Waals surface area (Å²) in [5, 5.41) is 10.8. The van der Waals surface area contributed by atoms with Gasteiger partial charge in [-0.2, -0.15) is 0 Å². The minimum atomic E-state index is 0.727. The van der Waals surface area contributed by atoms with Gasteiger partial charge in [0.25, 0.3) is 0 Å². The summed E-state index contributed by atoms with van der Waals surface area (Å²) in [4.78, 5) is 11.8. The van der Waals surface area contributed by atoms with Crippen molar-refractivity contribution in [3.8, 4) is 0 Å². The average molecular weight is 406 g/mol. The number of nitrogens with one attached hydrogen (secondary N) is 2. The summed E-state index contributed by atoms with van der Waals surface area (Å²) in [6, 6.07) is 7.97. The van der Waals surface area contributed by atoms with Gasteiger partial charge in [0.15, 0.2) is 11.1 Å². The summed E-state index contributed by atoms with van der Waals surface area (Å²) in [7, 11) is 0. The van der Waals surface area contributed by atoms with Gasteiger partial charge in [-0.05, 0) is 37.8 Å². The van der Waals surface area contributed by atoms with E-state index in [1.165, 1.54) is 12.8 Å². The first kappa shape index (κ1) is 20.0. The number of halogens is 1. The minimum Gasteiger partial charge on any atom is -0.357 e. The largest absolute Gasteiger partial charge is 0.357 e. The Morgan fingerprint density at radius 2 is 2.04 bits per heavy atom. The zero-order valence-electron chi connectivity index (χ0n) is 15.9. The fourth-order valence-electron chi connectivity index (χ4n) is 3.11. The number of rotatable bonds is 8. The Morgan fingerprint density at radius 1 is 1.22 bits per heavy atom. The van der Waals surface area contributed by atoms with E-state index >= 15 is 0 Å². The molecule has 1 aliphatic rings. The molecule has 7 heteroatoms. The van der Waals surface area contributed by atoms with Crippen molar-refractivity contribution in [2.75, 3.05) is 37.6 Å². The molecule has 1 fully saturated rings. The van der Waals surface area contributed by atoms with E-state index < -0.39 is 0 Å². The molecule has 1 aromatic heterocycles. The van der Waals surface area contributed by atoms with Crippen LogP contribution in [0.4, 0.5) is 5.13 Å². The summed E-state index contributed by atoms with van der Waals surface area (Å²) in [6.07, 6.45) is 4.30. The zero-order chi connectivity index (χ0) is 18.9. The molecule has 0 aliphatic carbocycles. The molecule has 1 saturated heterocycles. The maximum atomic E-state index is 6.22. The molecule has 2 heterocycles. The highest BCUT2D eigenvalue weighted by atomic mass is 35.5. The Labute approximate surface area is 170 Å². The molecule has 1 aromatic carbocycles. The third kappa shape index (κ3) is 6.11. The number of benzene rings is 1. The van der Waals surface area contributed by atoms with Gasteiger partial charge in [0, 0.05) is 49.5 Å². The monoisotopic (exact) mass is 405 g/mol. The van der Waals surface area contributed by atoms with Crippen LogP contribution in [0.1, 0.15) is 31.0 Å². The Hall–Kier alpha value is -1.79. The quantitative estimate of drug-likeness (QED) is 0.519. The smallest absolute Gasteiger partial charge is 0.191 e. The highest BCUT2D eigenvalue weighted by molar-refractivity contribution is 7.13. The van der Waals surface area contributed by atoms with Crippen molar-refractivity contribution in [1.82, 2.24) is 15.6 Å². The van der Waals surface area contributed by atoms with E-state index in [9.17, 15) is 0 Å². The van der Waals surface area contributed by atoms with Crippen molar-refractivity contribution in [3.05, 3.63) is 45.9 Å². The molecular weight excluding hydrogens is 378 g/mol. The summed E-state index contributed by atoms with van der Waals surface area (Å²) < 4.78 is 0. The number of anilines is 1. The van der Waals surface area contributed by atoms with E-state index in [1.807, 2.05) is 18.2 Å². The van der Waals surface area contributed by atoms with Crippen LogP contribution in [0.15, 0.2) is 34.6 Å². The lowest BCUT2D eigenvalue weighted by Gasteiger charge is -2.12. The van der Waals surface area contributed by atoms with Gasteiger partial charge in [0.05, 0.1) is 5.69 Å². The number of thiazole rings is 1. The molecule has 0 atom stereocenters. The molecule has 0 saturated carbocycles. The third-order valence-corrected chi connectivity index (χ3v) is 5.86. The highest BCUT2D eigenvalue weighted by Gasteiger charge is 2.15. The topological polar surface area (TPSA) is 52.6 Å². The normalized spacial score (nSPS) is 14.6. The number of guanidine groups is 1. The number of aromatic nitrogens is 1. The van der Waals surface area contributed by atoms with Crippen LogP contribution in [0.3, 0.4) is 0 Å². The molecule has 0 unspecified atom stereocenters. The van der Waals surface area contributed by atoms with E-state index in [2.05, 4.69) is 38.9 Å². The van der Waals surface area contributed by atoms with E-state index in [0.29, 0.717) is 0 Å². The fraction of sp³-hybridized carbons (Fsp3) is 0.500. The van der Waals surface area contributed by atoms with Crippen molar-refractivity contribution in [2.45, 2.75) is 32.6 Å². The third-order valence-electron chi connectivity index (χ3n) is 4.54. The van der Waals surface area contributed by atoms with Crippen molar-refractivity contribution in [2.24, 2.45) is 4.99 Å². The molecule has 0 spiro atoms. The molecule has 2 N–H and O–H groups in total. The molecule has 0 radical (unpaired) electrons. The van der Waals surface area contributed by atoms with Crippen molar-refractivity contribution in [1.29, 1.82) is 0 Å². The molecule has 27 heavy (non-hydrogen) atoms. The molecule has 146 valence electrons. The van der Waals surface area contributed by atoms with Gasteiger partial charge in [-0.1, -0.05) is 29.8 Å². The lowest BCUT2D eigenvalue weighted by molar-refractivity contribution is 0.794. The number of hydrogen-bond donors (Lipinski definition) is 2. The summed E-state index contributed by atoms with van der Waals surface area (Å²) in [6.45, 7) is 6.73. The second kappa shape index (κ2) is 10.5. The lowest BCUT2D eigenvalue weighted by atomic mass is 10.1. The average Bonchev–Trinajstić information content (AvgIpc) is 3.35. The second-order valence-electron chi connectivity index (χ2n) is 6.59. The summed E-state index contributed by atoms with van der Waals surface area (Å²) in [5.41, 5.74) is 2.29. The molecule has 1 aliphatic heterocycles. The van der Waals surface area contributed by atoms with Crippen LogP contribution >= 0.6 is 22.9 Å². The predicted octanol–water partition coefficient (Wildman–Crippen LogP) is 3.74. The van der Waals surface area contributed by atoms with E-state index in [1.54, 1.807) is 11.3 Å². The van der Waals surface area contributed by atoms with Crippen LogP contribution in [-0.4, -0.2) is 43.7 Å². The Kier molecular flexibility index (Phi) is 7.78. The van der Waals surface area contributed by atoms with Crippen molar-refractivity contribution >= 4 is 34.0 Å². The molecule has 0 amide bonds. The molecule has 3 rings (SSSR count). The summed E-state index contributed by atoms with van der Waals surface area (Å²) >= 11 is 7.97. The maximum Gasteiger partial charge on any atom is 0.191 e. The molecule has 5 nitrogen and oxygen atoms in total. The Bertz CT molecular complexity index is 739. The number of nitrogens with zero attached hydrogens (tertiary/aromatic N) is 3. The van der Waals surface area contributed by atoms with Gasteiger partial charge in [-0.15, -0.1) is 11.3 Å². The fourth-order valence-corrected chi connectivity index (χ4v) is 4.25. The van der Waals surface area contributed by atoms with E-state index in [0.717, 1.165) is 72.9 Å². The van der Waals surface area contributed by atoms with Crippen LogP contribution in [0.5, 0.6) is 0 Å². The lowest BCUT2D eigenvalue weighted by Crippen LogP contribution is -2.38. The Morgan fingerprint density at radius 3 is 2.81 bits per heavy atom. The van der Waals surface area contributed by atoms with Gasteiger partial charge in [-0.25, -0.2) is 4.98 Å². The van der Waals surface area contributed by atoms with E-state index in [4.69, 9.17) is 16.6 Å². The first-order valence-electron chi connectivity index (χ1n) is 9.71. The predicted molar refractivity (Wildman–Crippen MR) is 116 cm³/mol. The zero-order valence-corrected chi connectivity index (χ0v) is 17.5. The Balaban J connectivity index is 1.46. The van der Waals surface area contributed by atoms with Gasteiger partial charge in [0.2, 0.25) is 0 Å². The van der Waals surface area contributed by atoms with E-state index in [-0.39, 0.29) is 0 Å². The SMILES string of the molecule is CCNC(=NCCc1csc(N2CCCC2)n1)NCCc1ccccc1Cl. The minimum absolute atomic E-state index is 0.727. The first-order valence-corrected chi connectivity index (χ1v) is 11.0. The van der Waals surface area contributed by atoms with Gasteiger partial charge in [0.1, 0.15) is 0 Å². The highest BCUT2D eigenvalue weighted by Crippen LogP contribution is 2.24. The van der Waals surface area contributed by atoms with Gasteiger partial charge < -0.3 is 15.5 Å². The molecule has 2 aromatic rings. The molecular formula is C20H28ClN5S. The van der Waals surface area contributed by atoms with Crippen molar-refractivity contribution in [3.63, 3.8) is 0 Å². The van der Waals surface area contributed by atoms with Crippen molar-refractivity contribution < 1.29 is 0 Å². The van der Waals surface area contributed by atoms with Crippen LogP contribution in [0.25, 0.3) is 0 Å². The van der Waals surface area contributed by atoms with Crippen LogP contribution in [0.2, 0.25) is 5.02 Å². The van der Waals surface area contributed by atoms with Crippen LogP contribution in [0, 0.1) is 0 Å². The van der Waals surface area contributed by atoms with Crippen LogP contribution in [-0.2, 0) is 12.8 Å². The van der Waals surface area contributed by atoms with Gasteiger partial charge in [-0.3, -0.25) is 4.99 Å². The number of aliphatic imine (C=N–C) groups is 1. The first-order chi connectivity index (χ1) is 13.3. The maximum absolute atomic E-state index is 6.22. The number of hydrogen-bond acceptors (Lipinski definition) is 4. The summed E-state index contributed by atoms with van der Waals surface area (Å²) in [5.74, 6) is 0.847. The second-order valence-corrected chi connectivity index (χ2v) is 7.84.